The number of nitrogens with two attached hydrogens (primary N) is 1. The van der Waals surface area contributed by atoms with E-state index in [1.165, 1.54) is 6.07 Å². The van der Waals surface area contributed by atoms with Crippen molar-refractivity contribution in [1.82, 2.24) is 0 Å². The molecule has 0 unspecified atom stereocenters. The molecule has 0 amide bonds. The molecule has 22 heavy (non-hydrogen) atoms. The van der Waals surface area contributed by atoms with Crippen LogP contribution in [-0.4, -0.2) is 19.3 Å². The molecule has 0 saturated carbocycles. The molecule has 8 heteroatoms. The summed E-state index contributed by atoms with van der Waals surface area (Å²) in [5, 5.41) is 0. The lowest BCUT2D eigenvalue weighted by Gasteiger charge is -2.35. The molecule has 1 heterocycles. The average Bonchev–Trinajstić information content (AvgIpc) is 2.45. The lowest BCUT2D eigenvalue weighted by molar-refractivity contribution is -0.179. The number of piperidine rings is 1. The van der Waals surface area contributed by atoms with Crippen LogP contribution >= 0.6 is 0 Å². The molecule has 0 spiro atoms. The maximum Gasteiger partial charge on any atom is 0.416 e. The topological polar surface area (TPSA) is 29.3 Å². The standard InChI is InChI=1S/C14H16F6N2/c15-13(16,17)10-3-5-22(6-4-10)12-2-1-11(14(18,19)20)7-9(12)8-21/h1-2,7,10H,3-6,8,21H2. The second kappa shape index (κ2) is 5.98. The third-order valence-electron chi connectivity index (χ3n) is 3.93. The van der Waals surface area contributed by atoms with Gasteiger partial charge in [0.15, 0.2) is 0 Å². The summed E-state index contributed by atoms with van der Waals surface area (Å²) in [5.74, 6) is -1.35. The van der Waals surface area contributed by atoms with Gasteiger partial charge in [-0.25, -0.2) is 0 Å². The quantitative estimate of drug-likeness (QED) is 0.834. The molecule has 124 valence electrons. The van der Waals surface area contributed by atoms with Crippen molar-refractivity contribution in [3.05, 3.63) is 29.3 Å². The maximum absolute atomic E-state index is 12.7. The molecule has 2 N–H and O–H groups in total. The fourth-order valence-corrected chi connectivity index (χ4v) is 2.68. The van der Waals surface area contributed by atoms with E-state index >= 15 is 0 Å². The van der Waals surface area contributed by atoms with Crippen LogP contribution in [0.25, 0.3) is 0 Å². The lowest BCUT2D eigenvalue weighted by Crippen LogP contribution is -2.39. The van der Waals surface area contributed by atoms with Crippen molar-refractivity contribution in [3.63, 3.8) is 0 Å². The van der Waals surface area contributed by atoms with Crippen LogP contribution in [0.3, 0.4) is 0 Å². The molecule has 1 aliphatic heterocycles. The molecule has 0 aliphatic carbocycles. The largest absolute Gasteiger partial charge is 0.416 e. The van der Waals surface area contributed by atoms with Crippen LogP contribution in [0, 0.1) is 5.92 Å². The van der Waals surface area contributed by atoms with E-state index in [0.29, 0.717) is 11.3 Å². The van der Waals surface area contributed by atoms with Gasteiger partial charge in [0.1, 0.15) is 0 Å². The molecular formula is C14H16F6N2. The Balaban J connectivity index is 2.17. The Morgan fingerprint density at radius 2 is 1.64 bits per heavy atom. The van der Waals surface area contributed by atoms with E-state index in [0.717, 1.165) is 12.1 Å². The van der Waals surface area contributed by atoms with E-state index in [9.17, 15) is 26.3 Å². The molecule has 0 bridgehead atoms. The molecule has 0 aromatic heterocycles. The Labute approximate surface area is 123 Å². The second-order valence-corrected chi connectivity index (χ2v) is 5.35. The highest BCUT2D eigenvalue weighted by molar-refractivity contribution is 5.55. The Hall–Kier alpha value is -1.44. The molecule has 0 radical (unpaired) electrons. The van der Waals surface area contributed by atoms with Crippen LogP contribution in [0.1, 0.15) is 24.0 Å². The molecule has 0 atom stereocenters. The minimum absolute atomic E-state index is 0.0610. The Morgan fingerprint density at radius 3 is 2.09 bits per heavy atom. The van der Waals surface area contributed by atoms with E-state index < -0.39 is 23.8 Å². The number of anilines is 1. The predicted octanol–water partition coefficient (Wildman–Crippen LogP) is 3.94. The normalized spacial score (nSPS) is 17.9. The van der Waals surface area contributed by atoms with Gasteiger partial charge < -0.3 is 10.6 Å². The number of halogens is 6. The third kappa shape index (κ3) is 3.66. The highest BCUT2D eigenvalue weighted by Crippen LogP contribution is 2.37. The van der Waals surface area contributed by atoms with Gasteiger partial charge in [0.05, 0.1) is 11.5 Å². The van der Waals surface area contributed by atoms with Gasteiger partial charge in [0.2, 0.25) is 0 Å². The SMILES string of the molecule is NCc1cc(C(F)(F)F)ccc1N1CCC(C(F)(F)F)CC1. The molecule has 2 rings (SSSR count). The van der Waals surface area contributed by atoms with Crippen LogP contribution < -0.4 is 10.6 Å². The van der Waals surface area contributed by atoms with Gasteiger partial charge in [-0.3, -0.25) is 0 Å². The summed E-state index contributed by atoms with van der Waals surface area (Å²) in [6, 6.07) is 3.19. The summed E-state index contributed by atoms with van der Waals surface area (Å²) in [5.41, 5.74) is 5.46. The maximum atomic E-state index is 12.7. The zero-order chi connectivity index (χ0) is 16.5. The molecular weight excluding hydrogens is 310 g/mol. The number of rotatable bonds is 2. The van der Waals surface area contributed by atoms with Gasteiger partial charge in [0.25, 0.3) is 0 Å². The summed E-state index contributed by atoms with van der Waals surface area (Å²) < 4.78 is 76.0. The van der Waals surface area contributed by atoms with Crippen LogP contribution in [0.2, 0.25) is 0 Å². The third-order valence-corrected chi connectivity index (χ3v) is 3.93. The first-order valence-electron chi connectivity index (χ1n) is 6.84. The van der Waals surface area contributed by atoms with Crippen molar-refractivity contribution in [2.24, 2.45) is 11.7 Å². The van der Waals surface area contributed by atoms with Crippen molar-refractivity contribution in [3.8, 4) is 0 Å². The fraction of sp³-hybridized carbons (Fsp3) is 0.571. The predicted molar refractivity (Wildman–Crippen MR) is 70.3 cm³/mol. The minimum Gasteiger partial charge on any atom is -0.371 e. The monoisotopic (exact) mass is 326 g/mol. The zero-order valence-electron chi connectivity index (χ0n) is 11.6. The van der Waals surface area contributed by atoms with Crippen molar-refractivity contribution in [2.45, 2.75) is 31.7 Å². The van der Waals surface area contributed by atoms with Crippen molar-refractivity contribution < 1.29 is 26.3 Å². The van der Waals surface area contributed by atoms with Crippen LogP contribution in [0.5, 0.6) is 0 Å². The molecule has 1 aliphatic rings. The van der Waals surface area contributed by atoms with Crippen molar-refractivity contribution in [2.75, 3.05) is 18.0 Å². The van der Waals surface area contributed by atoms with Gasteiger partial charge in [0, 0.05) is 25.3 Å². The van der Waals surface area contributed by atoms with Crippen molar-refractivity contribution >= 4 is 5.69 Å². The fourth-order valence-electron chi connectivity index (χ4n) is 2.68. The number of nitrogens with zero attached hydrogens (tertiary/aromatic N) is 1. The summed E-state index contributed by atoms with van der Waals surface area (Å²) in [6.07, 6.45) is -8.81. The second-order valence-electron chi connectivity index (χ2n) is 5.35. The molecule has 1 saturated heterocycles. The summed E-state index contributed by atoms with van der Waals surface area (Å²) in [7, 11) is 0. The zero-order valence-corrected chi connectivity index (χ0v) is 11.6. The van der Waals surface area contributed by atoms with Crippen LogP contribution in [-0.2, 0) is 12.7 Å². The van der Waals surface area contributed by atoms with Gasteiger partial charge in [-0.1, -0.05) is 0 Å². The molecule has 1 aromatic rings. The number of benzene rings is 1. The Morgan fingerprint density at radius 1 is 1.05 bits per heavy atom. The van der Waals surface area contributed by atoms with Gasteiger partial charge in [-0.05, 0) is 36.6 Å². The Bertz CT molecular complexity index is 515. The molecule has 2 nitrogen and oxygen atoms in total. The number of hydrogen-bond acceptors (Lipinski definition) is 2. The van der Waals surface area contributed by atoms with Gasteiger partial charge in [-0.2, -0.15) is 26.3 Å². The lowest BCUT2D eigenvalue weighted by atomic mass is 9.95. The van der Waals surface area contributed by atoms with E-state index in [-0.39, 0.29) is 32.5 Å². The molecule has 1 aromatic carbocycles. The summed E-state index contributed by atoms with van der Waals surface area (Å²) >= 11 is 0. The van der Waals surface area contributed by atoms with E-state index in [4.69, 9.17) is 5.73 Å². The van der Waals surface area contributed by atoms with Crippen LogP contribution in [0.15, 0.2) is 18.2 Å². The number of hydrogen-bond donors (Lipinski definition) is 1. The highest BCUT2D eigenvalue weighted by atomic mass is 19.4. The van der Waals surface area contributed by atoms with Gasteiger partial charge >= 0.3 is 12.4 Å². The van der Waals surface area contributed by atoms with Crippen LogP contribution in [0.4, 0.5) is 32.0 Å². The summed E-state index contributed by atoms with van der Waals surface area (Å²) in [4.78, 5) is 1.67. The van der Waals surface area contributed by atoms with E-state index in [1.807, 2.05) is 0 Å². The van der Waals surface area contributed by atoms with Gasteiger partial charge in [-0.15, -0.1) is 0 Å². The number of alkyl halides is 6. The summed E-state index contributed by atoms with van der Waals surface area (Å²) in [6.45, 7) is 0.212. The van der Waals surface area contributed by atoms with E-state index in [2.05, 4.69) is 0 Å². The first-order valence-corrected chi connectivity index (χ1v) is 6.84. The first-order chi connectivity index (χ1) is 10.1. The Kier molecular flexibility index (Phi) is 4.60. The van der Waals surface area contributed by atoms with Crippen molar-refractivity contribution in [1.29, 1.82) is 0 Å². The minimum atomic E-state index is -4.47. The highest BCUT2D eigenvalue weighted by Gasteiger charge is 2.41. The smallest absolute Gasteiger partial charge is 0.371 e. The molecule has 1 fully saturated rings. The van der Waals surface area contributed by atoms with E-state index in [1.54, 1.807) is 4.90 Å². The first kappa shape index (κ1) is 16.9. The average molecular weight is 326 g/mol.